The molecule has 0 radical (unpaired) electrons. The number of carbonyl (C=O) groups excluding carboxylic acids is 3. The number of hydrogen-bond donors (Lipinski definition) is 0. The number of esters is 3. The molecule has 0 fully saturated rings. The zero-order chi connectivity index (χ0) is 18.9. The number of benzene rings is 2. The molecule has 0 bridgehead atoms. The summed E-state index contributed by atoms with van der Waals surface area (Å²) >= 11 is 0. The molecule has 2 aromatic rings. The largest absolute Gasteiger partial charge is 0.465 e. The lowest BCUT2D eigenvalue weighted by molar-refractivity contribution is -0.138. The Bertz CT molecular complexity index is 803. The molecule has 134 valence electrons. The third-order valence-electron chi connectivity index (χ3n) is 3.50. The van der Waals surface area contributed by atoms with Crippen LogP contribution in [0.1, 0.15) is 31.8 Å². The van der Waals surface area contributed by atoms with E-state index in [0.29, 0.717) is 11.1 Å². The summed E-state index contributed by atoms with van der Waals surface area (Å²) in [6, 6.07) is 13.2. The van der Waals surface area contributed by atoms with Gasteiger partial charge in [0.2, 0.25) is 0 Å². The van der Waals surface area contributed by atoms with E-state index in [-0.39, 0.29) is 6.61 Å². The van der Waals surface area contributed by atoms with Crippen LogP contribution < -0.4 is 0 Å². The van der Waals surface area contributed by atoms with E-state index in [9.17, 15) is 14.4 Å². The SMILES string of the molecule is COC(=O)c1ccc(/C=C/C(=O)OCc2ccc(C(=O)OC)cc2)cc1. The van der Waals surface area contributed by atoms with Crippen molar-refractivity contribution in [3.8, 4) is 0 Å². The molecular weight excluding hydrogens is 336 g/mol. The highest BCUT2D eigenvalue weighted by Crippen LogP contribution is 2.09. The predicted molar refractivity (Wildman–Crippen MR) is 94.4 cm³/mol. The number of carbonyl (C=O) groups is 3. The van der Waals surface area contributed by atoms with Gasteiger partial charge < -0.3 is 14.2 Å². The molecule has 0 heterocycles. The fourth-order valence-electron chi connectivity index (χ4n) is 2.07. The Labute approximate surface area is 151 Å². The second-order valence-corrected chi connectivity index (χ2v) is 5.24. The molecule has 0 aromatic heterocycles. The van der Waals surface area contributed by atoms with E-state index < -0.39 is 17.9 Å². The highest BCUT2D eigenvalue weighted by Gasteiger charge is 2.06. The molecule has 2 aromatic carbocycles. The second-order valence-electron chi connectivity index (χ2n) is 5.24. The maximum Gasteiger partial charge on any atom is 0.337 e. The van der Waals surface area contributed by atoms with Crippen LogP contribution in [-0.4, -0.2) is 32.1 Å². The number of rotatable bonds is 6. The van der Waals surface area contributed by atoms with Crippen LogP contribution in [0.4, 0.5) is 0 Å². The van der Waals surface area contributed by atoms with Gasteiger partial charge in [-0.05, 0) is 41.5 Å². The first-order valence-corrected chi connectivity index (χ1v) is 7.74. The molecule has 0 N–H and O–H groups in total. The van der Waals surface area contributed by atoms with Gasteiger partial charge in [-0.15, -0.1) is 0 Å². The quantitative estimate of drug-likeness (QED) is 0.451. The van der Waals surface area contributed by atoms with Gasteiger partial charge in [-0.3, -0.25) is 0 Å². The van der Waals surface area contributed by atoms with Crippen molar-refractivity contribution in [2.45, 2.75) is 6.61 Å². The van der Waals surface area contributed by atoms with Gasteiger partial charge >= 0.3 is 17.9 Å². The van der Waals surface area contributed by atoms with Crippen LogP contribution in [0.5, 0.6) is 0 Å². The van der Waals surface area contributed by atoms with Crippen LogP contribution in [0.15, 0.2) is 54.6 Å². The van der Waals surface area contributed by atoms with Crippen LogP contribution in [0.25, 0.3) is 6.08 Å². The van der Waals surface area contributed by atoms with Crippen molar-refractivity contribution >= 4 is 24.0 Å². The van der Waals surface area contributed by atoms with Gasteiger partial charge in [0, 0.05) is 6.08 Å². The summed E-state index contributed by atoms with van der Waals surface area (Å²) in [5.41, 5.74) is 2.36. The van der Waals surface area contributed by atoms with Gasteiger partial charge in [0.05, 0.1) is 25.3 Å². The van der Waals surface area contributed by atoms with Gasteiger partial charge in [-0.2, -0.15) is 0 Å². The van der Waals surface area contributed by atoms with Crippen LogP contribution in [0.3, 0.4) is 0 Å². The minimum atomic E-state index is -0.501. The van der Waals surface area contributed by atoms with Crippen molar-refractivity contribution < 1.29 is 28.6 Å². The van der Waals surface area contributed by atoms with Crippen molar-refractivity contribution in [2.75, 3.05) is 14.2 Å². The summed E-state index contributed by atoms with van der Waals surface area (Å²) in [5.74, 6) is -1.34. The van der Waals surface area contributed by atoms with Crippen molar-refractivity contribution in [3.63, 3.8) is 0 Å². The Morgan fingerprint density at radius 2 is 1.31 bits per heavy atom. The number of hydrogen-bond acceptors (Lipinski definition) is 6. The molecule has 0 unspecified atom stereocenters. The fraction of sp³-hybridized carbons (Fsp3) is 0.150. The van der Waals surface area contributed by atoms with Crippen LogP contribution >= 0.6 is 0 Å². The maximum atomic E-state index is 11.8. The summed E-state index contributed by atoms with van der Waals surface area (Å²) in [4.78, 5) is 34.5. The molecule has 0 saturated heterocycles. The minimum absolute atomic E-state index is 0.0892. The first-order valence-electron chi connectivity index (χ1n) is 7.74. The summed E-state index contributed by atoms with van der Waals surface area (Å²) < 4.78 is 14.4. The first-order chi connectivity index (χ1) is 12.5. The van der Waals surface area contributed by atoms with Crippen LogP contribution in [0, 0.1) is 0 Å². The number of ether oxygens (including phenoxy) is 3. The van der Waals surface area contributed by atoms with Gasteiger partial charge in [0.15, 0.2) is 0 Å². The van der Waals surface area contributed by atoms with Gasteiger partial charge in [-0.1, -0.05) is 24.3 Å². The lowest BCUT2D eigenvalue weighted by Gasteiger charge is -2.04. The summed E-state index contributed by atoms with van der Waals surface area (Å²) in [5, 5.41) is 0. The first kappa shape index (κ1) is 18.9. The third-order valence-corrected chi connectivity index (χ3v) is 3.50. The summed E-state index contributed by atoms with van der Waals surface area (Å²) in [7, 11) is 2.63. The van der Waals surface area contributed by atoms with E-state index in [2.05, 4.69) is 9.47 Å². The topological polar surface area (TPSA) is 78.9 Å². The fourth-order valence-corrected chi connectivity index (χ4v) is 2.07. The molecule has 0 aliphatic carbocycles. The highest BCUT2D eigenvalue weighted by molar-refractivity contribution is 5.90. The smallest absolute Gasteiger partial charge is 0.337 e. The average Bonchev–Trinajstić information content (AvgIpc) is 2.70. The normalized spacial score (nSPS) is 10.4. The van der Waals surface area contributed by atoms with E-state index in [1.54, 1.807) is 54.6 Å². The maximum absolute atomic E-state index is 11.8. The summed E-state index contributed by atoms with van der Waals surface area (Å²) in [6.45, 7) is 0.0892. The molecule has 6 heteroatoms. The van der Waals surface area contributed by atoms with E-state index in [4.69, 9.17) is 4.74 Å². The Hall–Kier alpha value is -3.41. The van der Waals surface area contributed by atoms with Crippen molar-refractivity contribution in [1.82, 2.24) is 0 Å². The monoisotopic (exact) mass is 354 g/mol. The highest BCUT2D eigenvalue weighted by atomic mass is 16.5. The lowest BCUT2D eigenvalue weighted by atomic mass is 10.1. The van der Waals surface area contributed by atoms with Gasteiger partial charge in [0.1, 0.15) is 6.61 Å². The summed E-state index contributed by atoms with van der Waals surface area (Å²) in [6.07, 6.45) is 2.89. The Morgan fingerprint density at radius 3 is 1.81 bits per heavy atom. The third kappa shape index (κ3) is 5.31. The average molecular weight is 354 g/mol. The Kier molecular flexibility index (Phi) is 6.68. The molecule has 0 atom stereocenters. The van der Waals surface area contributed by atoms with Crippen LogP contribution in [0.2, 0.25) is 0 Å². The molecule has 6 nitrogen and oxygen atoms in total. The predicted octanol–water partition coefficient (Wildman–Crippen LogP) is 3.02. The lowest BCUT2D eigenvalue weighted by Crippen LogP contribution is -2.03. The van der Waals surface area contributed by atoms with Crippen molar-refractivity contribution in [3.05, 3.63) is 76.9 Å². The molecule has 26 heavy (non-hydrogen) atoms. The zero-order valence-electron chi connectivity index (χ0n) is 14.4. The standard InChI is InChI=1S/C20H18O6/c1-24-19(22)16-8-3-14(4-9-16)7-12-18(21)26-13-15-5-10-17(11-6-15)20(23)25-2/h3-12H,13H2,1-2H3/b12-7+. The zero-order valence-corrected chi connectivity index (χ0v) is 14.4. The van der Waals surface area contributed by atoms with E-state index >= 15 is 0 Å². The number of methoxy groups -OCH3 is 2. The molecule has 0 amide bonds. The Balaban J connectivity index is 1.87. The molecule has 0 saturated carbocycles. The van der Waals surface area contributed by atoms with E-state index in [1.165, 1.54) is 20.3 Å². The van der Waals surface area contributed by atoms with Gasteiger partial charge in [-0.25, -0.2) is 14.4 Å². The second kappa shape index (κ2) is 9.17. The van der Waals surface area contributed by atoms with E-state index in [1.807, 2.05) is 0 Å². The Morgan fingerprint density at radius 1 is 0.808 bits per heavy atom. The molecule has 2 rings (SSSR count). The van der Waals surface area contributed by atoms with Crippen molar-refractivity contribution in [2.24, 2.45) is 0 Å². The van der Waals surface area contributed by atoms with Crippen LogP contribution in [-0.2, 0) is 25.6 Å². The molecule has 0 aliphatic heterocycles. The van der Waals surface area contributed by atoms with Gasteiger partial charge in [0.25, 0.3) is 0 Å². The molecule has 0 aliphatic rings. The van der Waals surface area contributed by atoms with Crippen molar-refractivity contribution in [1.29, 1.82) is 0 Å². The molecule has 0 spiro atoms. The molecular formula is C20H18O6. The minimum Gasteiger partial charge on any atom is -0.465 e. The van der Waals surface area contributed by atoms with E-state index in [0.717, 1.165) is 11.1 Å².